The number of terminal acetylenes is 1. The number of hydrogen-bond donors (Lipinski definition) is 1. The summed E-state index contributed by atoms with van der Waals surface area (Å²) in [7, 11) is -4.78. The molecule has 0 aromatic heterocycles. The normalized spacial score (nSPS) is 10.6. The lowest BCUT2D eigenvalue weighted by Crippen LogP contribution is -2.17. The highest BCUT2D eigenvalue weighted by Gasteiger charge is 2.26. The van der Waals surface area contributed by atoms with Crippen molar-refractivity contribution in [2.45, 2.75) is 4.90 Å². The van der Waals surface area contributed by atoms with Crippen molar-refractivity contribution in [2.75, 3.05) is 0 Å². The average molecular weight is 330 g/mol. The maximum Gasteiger partial charge on any atom is 0.347 e. The quantitative estimate of drug-likeness (QED) is 0.399. The molecule has 0 aliphatic carbocycles. The van der Waals surface area contributed by atoms with Gasteiger partial charge in [-0.2, -0.15) is 8.42 Å². The van der Waals surface area contributed by atoms with Crippen molar-refractivity contribution in [3.05, 3.63) is 65.2 Å². The van der Waals surface area contributed by atoms with E-state index in [4.69, 9.17) is 6.42 Å². The minimum Gasteiger partial charge on any atom is -0.386 e. The fraction of sp³-hybridized carbons (Fsp3) is 0. The van der Waals surface area contributed by atoms with Gasteiger partial charge in [0.15, 0.2) is 0 Å². The molecule has 0 unspecified atom stereocenters. The zero-order valence-electron chi connectivity index (χ0n) is 11.6. The van der Waals surface area contributed by atoms with Crippen LogP contribution in [-0.4, -0.2) is 24.9 Å². The molecule has 0 aliphatic rings. The maximum absolute atomic E-state index is 12.1. The first kappa shape index (κ1) is 16.4. The number of benzene rings is 2. The molecule has 2 aromatic rings. The van der Waals surface area contributed by atoms with Crippen LogP contribution >= 0.6 is 0 Å². The van der Waals surface area contributed by atoms with Crippen molar-refractivity contribution in [3.63, 3.8) is 0 Å². The molecule has 6 nitrogen and oxygen atoms in total. The monoisotopic (exact) mass is 330 g/mol. The SMILES string of the molecule is C#Cc1cccc(C(=O)OC(=O)c2ccccc2)c1S(=O)(=O)O. The van der Waals surface area contributed by atoms with Crippen molar-refractivity contribution < 1.29 is 27.3 Å². The lowest BCUT2D eigenvalue weighted by Gasteiger charge is -2.08. The van der Waals surface area contributed by atoms with Gasteiger partial charge in [-0.05, 0) is 24.3 Å². The van der Waals surface area contributed by atoms with E-state index in [9.17, 15) is 22.6 Å². The van der Waals surface area contributed by atoms with Crippen LogP contribution in [0.3, 0.4) is 0 Å². The largest absolute Gasteiger partial charge is 0.386 e. The fourth-order valence-corrected chi connectivity index (χ4v) is 2.70. The summed E-state index contributed by atoms with van der Waals surface area (Å²) in [5, 5.41) is 0. The second-order valence-corrected chi connectivity index (χ2v) is 5.70. The van der Waals surface area contributed by atoms with Gasteiger partial charge in [0.25, 0.3) is 10.1 Å². The van der Waals surface area contributed by atoms with Crippen molar-refractivity contribution in [1.82, 2.24) is 0 Å². The second-order valence-electron chi connectivity index (χ2n) is 4.34. The van der Waals surface area contributed by atoms with E-state index in [-0.39, 0.29) is 11.1 Å². The van der Waals surface area contributed by atoms with Crippen molar-refractivity contribution in [2.24, 2.45) is 0 Å². The van der Waals surface area contributed by atoms with Crippen LogP contribution in [0, 0.1) is 12.3 Å². The molecule has 0 saturated carbocycles. The predicted molar refractivity (Wildman–Crippen MR) is 80.4 cm³/mol. The van der Waals surface area contributed by atoms with Gasteiger partial charge in [0, 0.05) is 5.56 Å². The van der Waals surface area contributed by atoms with Crippen LogP contribution in [0.25, 0.3) is 0 Å². The first-order chi connectivity index (χ1) is 10.8. The summed E-state index contributed by atoms with van der Waals surface area (Å²) in [4.78, 5) is 23.2. The molecule has 0 atom stereocenters. The minimum atomic E-state index is -4.78. The van der Waals surface area contributed by atoms with Gasteiger partial charge in [-0.1, -0.05) is 30.2 Å². The molecule has 2 rings (SSSR count). The molecule has 116 valence electrons. The first-order valence-corrected chi connectivity index (χ1v) is 7.67. The van der Waals surface area contributed by atoms with Gasteiger partial charge in [-0.25, -0.2) is 9.59 Å². The number of esters is 2. The lowest BCUT2D eigenvalue weighted by atomic mass is 10.1. The van der Waals surface area contributed by atoms with Gasteiger partial charge < -0.3 is 4.74 Å². The van der Waals surface area contributed by atoms with Crippen molar-refractivity contribution in [1.29, 1.82) is 0 Å². The molecule has 2 aromatic carbocycles. The molecule has 0 amide bonds. The number of rotatable bonds is 3. The summed E-state index contributed by atoms with van der Waals surface area (Å²) >= 11 is 0. The highest BCUT2D eigenvalue weighted by Crippen LogP contribution is 2.21. The fourth-order valence-electron chi connectivity index (χ4n) is 1.86. The third-order valence-corrected chi connectivity index (χ3v) is 3.80. The Morgan fingerprint density at radius 1 is 1.00 bits per heavy atom. The molecule has 0 bridgehead atoms. The van der Waals surface area contributed by atoms with Gasteiger partial charge in [0.1, 0.15) is 4.90 Å². The predicted octanol–water partition coefficient (Wildman–Crippen LogP) is 1.91. The van der Waals surface area contributed by atoms with Crippen LogP contribution in [0.5, 0.6) is 0 Å². The number of hydrogen-bond acceptors (Lipinski definition) is 5. The van der Waals surface area contributed by atoms with E-state index in [2.05, 4.69) is 10.7 Å². The van der Waals surface area contributed by atoms with E-state index in [1.165, 1.54) is 24.3 Å². The second kappa shape index (κ2) is 6.44. The first-order valence-electron chi connectivity index (χ1n) is 6.23. The van der Waals surface area contributed by atoms with Crippen LogP contribution in [-0.2, 0) is 14.9 Å². The molecule has 0 saturated heterocycles. The van der Waals surface area contributed by atoms with Crippen LogP contribution in [0.1, 0.15) is 26.3 Å². The summed E-state index contributed by atoms with van der Waals surface area (Å²) in [6, 6.07) is 11.3. The molecule has 0 spiro atoms. The minimum absolute atomic E-state index is 0.113. The Balaban J connectivity index is 2.42. The third kappa shape index (κ3) is 3.63. The molecule has 0 radical (unpaired) electrons. The average Bonchev–Trinajstić information content (AvgIpc) is 2.53. The van der Waals surface area contributed by atoms with E-state index in [0.717, 1.165) is 6.07 Å². The molecule has 23 heavy (non-hydrogen) atoms. The lowest BCUT2D eigenvalue weighted by molar-refractivity contribution is 0.0394. The molecule has 1 N–H and O–H groups in total. The van der Waals surface area contributed by atoms with Crippen molar-refractivity contribution >= 4 is 22.1 Å². The molecule has 0 heterocycles. The standard InChI is InChI=1S/C16H10O6S/c1-2-11-9-6-10-13(14(11)23(19,20)21)16(18)22-15(17)12-7-4-3-5-8-12/h1,3-10H,(H,19,20,21). The number of carbonyl (C=O) groups is 2. The van der Waals surface area contributed by atoms with Gasteiger partial charge >= 0.3 is 11.9 Å². The van der Waals surface area contributed by atoms with Gasteiger partial charge in [-0.3, -0.25) is 4.55 Å². The Morgan fingerprint density at radius 3 is 2.22 bits per heavy atom. The van der Waals surface area contributed by atoms with Crippen molar-refractivity contribution in [3.8, 4) is 12.3 Å². The molecular weight excluding hydrogens is 320 g/mol. The third-order valence-electron chi connectivity index (χ3n) is 2.84. The maximum atomic E-state index is 12.1. The number of ether oxygens (including phenoxy) is 1. The molecule has 7 heteroatoms. The Labute approximate surface area is 132 Å². The Kier molecular flexibility index (Phi) is 4.60. The summed E-state index contributed by atoms with van der Waals surface area (Å²) in [6.45, 7) is 0. The van der Waals surface area contributed by atoms with E-state index < -0.39 is 32.5 Å². The van der Waals surface area contributed by atoms with Gasteiger partial charge in [0.05, 0.1) is 11.1 Å². The topological polar surface area (TPSA) is 97.7 Å². The molecule has 0 aliphatic heterocycles. The summed E-state index contributed by atoms with van der Waals surface area (Å²) < 4.78 is 36.8. The zero-order valence-corrected chi connectivity index (χ0v) is 12.4. The Hall–Kier alpha value is -2.95. The summed E-state index contributed by atoms with van der Waals surface area (Å²) in [5.74, 6) is -0.138. The van der Waals surface area contributed by atoms with Crippen LogP contribution in [0.4, 0.5) is 0 Å². The van der Waals surface area contributed by atoms with Crippen LogP contribution < -0.4 is 0 Å². The van der Waals surface area contributed by atoms with E-state index >= 15 is 0 Å². The van der Waals surface area contributed by atoms with Crippen LogP contribution in [0.15, 0.2) is 53.4 Å². The van der Waals surface area contributed by atoms with E-state index in [0.29, 0.717) is 0 Å². The van der Waals surface area contributed by atoms with Gasteiger partial charge in [-0.15, -0.1) is 6.42 Å². The zero-order chi connectivity index (χ0) is 17.0. The van der Waals surface area contributed by atoms with Crippen LogP contribution in [0.2, 0.25) is 0 Å². The highest BCUT2D eigenvalue weighted by atomic mass is 32.2. The van der Waals surface area contributed by atoms with E-state index in [1.54, 1.807) is 18.2 Å². The summed E-state index contributed by atoms with van der Waals surface area (Å²) in [5.41, 5.74) is -0.622. The molecule has 0 fully saturated rings. The van der Waals surface area contributed by atoms with E-state index in [1.807, 2.05) is 0 Å². The molecular formula is C16H10O6S. The Morgan fingerprint density at radius 2 is 1.65 bits per heavy atom. The van der Waals surface area contributed by atoms with Gasteiger partial charge in [0.2, 0.25) is 0 Å². The smallest absolute Gasteiger partial charge is 0.347 e. The Bertz CT molecular complexity index is 907. The number of carbonyl (C=O) groups excluding carboxylic acids is 2. The summed E-state index contributed by atoms with van der Waals surface area (Å²) in [6.07, 6.45) is 5.16. The highest BCUT2D eigenvalue weighted by molar-refractivity contribution is 7.86.